The highest BCUT2D eigenvalue weighted by molar-refractivity contribution is 5.79. The van der Waals surface area contributed by atoms with E-state index in [0.29, 0.717) is 23.3 Å². The quantitative estimate of drug-likeness (QED) is 0.770. The van der Waals surface area contributed by atoms with E-state index in [9.17, 15) is 4.79 Å². The molecule has 5 nitrogen and oxygen atoms in total. The Morgan fingerprint density at radius 2 is 2.05 bits per heavy atom. The molecule has 0 atom stereocenters. The second kappa shape index (κ2) is 5.38. The monoisotopic (exact) mass is 281 g/mol. The number of nitrogens with one attached hydrogen (secondary N) is 1. The van der Waals surface area contributed by atoms with Gasteiger partial charge in [0, 0.05) is 17.7 Å². The predicted octanol–water partition coefficient (Wildman–Crippen LogP) is 2.06. The molecule has 0 saturated heterocycles. The number of fused-ring (bicyclic) bond motifs is 1. The summed E-state index contributed by atoms with van der Waals surface area (Å²) in [5, 5.41) is 0.578. The van der Waals surface area contributed by atoms with Crippen LogP contribution in [-0.4, -0.2) is 17.1 Å². The normalized spacial score (nSPS) is 10.8. The van der Waals surface area contributed by atoms with Gasteiger partial charge in [-0.3, -0.25) is 4.79 Å². The van der Waals surface area contributed by atoms with Crippen LogP contribution in [0.25, 0.3) is 22.3 Å². The number of methoxy groups -OCH3 is 1. The molecule has 0 aliphatic heterocycles. The number of hydrogen-bond acceptors (Lipinski definition) is 4. The molecular weight excluding hydrogens is 266 g/mol. The third-order valence-electron chi connectivity index (χ3n) is 3.39. The number of nitrogens with two attached hydrogens (primary N) is 1. The van der Waals surface area contributed by atoms with Crippen molar-refractivity contribution in [2.75, 3.05) is 7.11 Å². The standard InChI is InChI=1S/C16H15N3O2/c1-21-14-7-6-10(8-11(14)9-17)15-18-13-5-3-2-4-12(13)16(20)19-15/h2-8H,9,17H2,1H3,(H,18,19,20). The van der Waals surface area contributed by atoms with Crippen molar-refractivity contribution in [2.45, 2.75) is 6.54 Å². The number of aromatic nitrogens is 2. The molecule has 3 aromatic rings. The molecule has 0 bridgehead atoms. The molecule has 3 N–H and O–H groups in total. The molecule has 0 fully saturated rings. The van der Waals surface area contributed by atoms with Gasteiger partial charge in [-0.25, -0.2) is 4.98 Å². The van der Waals surface area contributed by atoms with E-state index in [1.165, 1.54) is 0 Å². The zero-order valence-electron chi connectivity index (χ0n) is 11.6. The second-order valence-corrected chi connectivity index (χ2v) is 4.66. The molecule has 5 heteroatoms. The Morgan fingerprint density at radius 3 is 2.81 bits per heavy atom. The van der Waals surface area contributed by atoms with Crippen molar-refractivity contribution < 1.29 is 4.74 Å². The summed E-state index contributed by atoms with van der Waals surface area (Å²) in [6.45, 7) is 0.356. The number of ether oxygens (including phenoxy) is 1. The van der Waals surface area contributed by atoms with Gasteiger partial charge in [-0.2, -0.15) is 0 Å². The third kappa shape index (κ3) is 2.39. The van der Waals surface area contributed by atoms with E-state index in [1.54, 1.807) is 13.2 Å². The lowest BCUT2D eigenvalue weighted by atomic mass is 10.1. The molecule has 1 heterocycles. The Labute approximate surface area is 121 Å². The van der Waals surface area contributed by atoms with Crippen LogP contribution in [-0.2, 0) is 6.54 Å². The summed E-state index contributed by atoms with van der Waals surface area (Å²) in [6.07, 6.45) is 0. The highest BCUT2D eigenvalue weighted by Gasteiger charge is 2.08. The first-order valence-electron chi connectivity index (χ1n) is 6.59. The van der Waals surface area contributed by atoms with Gasteiger partial charge in [0.2, 0.25) is 0 Å². The van der Waals surface area contributed by atoms with Crippen molar-refractivity contribution >= 4 is 10.9 Å². The summed E-state index contributed by atoms with van der Waals surface area (Å²) >= 11 is 0. The van der Waals surface area contributed by atoms with Gasteiger partial charge >= 0.3 is 0 Å². The van der Waals surface area contributed by atoms with Gasteiger partial charge in [0.1, 0.15) is 11.6 Å². The fraction of sp³-hybridized carbons (Fsp3) is 0.125. The van der Waals surface area contributed by atoms with E-state index in [2.05, 4.69) is 9.97 Å². The maximum atomic E-state index is 12.1. The first kappa shape index (κ1) is 13.3. The van der Waals surface area contributed by atoms with E-state index in [-0.39, 0.29) is 5.56 Å². The van der Waals surface area contributed by atoms with Crippen LogP contribution in [0.15, 0.2) is 47.3 Å². The predicted molar refractivity (Wildman–Crippen MR) is 82.2 cm³/mol. The van der Waals surface area contributed by atoms with Gasteiger partial charge in [-0.1, -0.05) is 12.1 Å². The van der Waals surface area contributed by atoms with Gasteiger partial charge in [-0.15, -0.1) is 0 Å². The Morgan fingerprint density at radius 1 is 1.24 bits per heavy atom. The average molecular weight is 281 g/mol. The van der Waals surface area contributed by atoms with Crippen LogP contribution < -0.4 is 16.0 Å². The van der Waals surface area contributed by atoms with E-state index in [4.69, 9.17) is 10.5 Å². The Kier molecular flexibility index (Phi) is 3.41. The van der Waals surface area contributed by atoms with Gasteiger partial charge in [0.15, 0.2) is 0 Å². The number of H-pyrrole nitrogens is 1. The van der Waals surface area contributed by atoms with Crippen molar-refractivity contribution in [3.8, 4) is 17.1 Å². The Hall–Kier alpha value is -2.66. The highest BCUT2D eigenvalue weighted by Crippen LogP contribution is 2.24. The third-order valence-corrected chi connectivity index (χ3v) is 3.39. The number of hydrogen-bond donors (Lipinski definition) is 2. The molecule has 0 radical (unpaired) electrons. The SMILES string of the molecule is COc1ccc(-c2nc3ccccc3c(=O)[nH]2)cc1CN. The summed E-state index contributed by atoms with van der Waals surface area (Å²) < 4.78 is 5.25. The first-order chi connectivity index (χ1) is 10.2. The number of benzene rings is 2. The molecule has 106 valence electrons. The van der Waals surface area contributed by atoms with Crippen molar-refractivity contribution in [2.24, 2.45) is 5.73 Å². The zero-order valence-corrected chi connectivity index (χ0v) is 11.6. The lowest BCUT2D eigenvalue weighted by Gasteiger charge is -2.09. The summed E-state index contributed by atoms with van der Waals surface area (Å²) in [6, 6.07) is 12.8. The maximum Gasteiger partial charge on any atom is 0.259 e. The van der Waals surface area contributed by atoms with Gasteiger partial charge in [-0.05, 0) is 30.3 Å². The number of para-hydroxylation sites is 1. The minimum Gasteiger partial charge on any atom is -0.496 e. The van der Waals surface area contributed by atoms with E-state index in [0.717, 1.165) is 16.9 Å². The molecule has 0 spiro atoms. The summed E-state index contributed by atoms with van der Waals surface area (Å²) in [5.41, 5.74) is 7.91. The first-order valence-corrected chi connectivity index (χ1v) is 6.59. The maximum absolute atomic E-state index is 12.1. The van der Waals surface area contributed by atoms with E-state index >= 15 is 0 Å². The van der Waals surface area contributed by atoms with Crippen molar-refractivity contribution in [3.05, 3.63) is 58.4 Å². The van der Waals surface area contributed by atoms with Crippen LogP contribution in [0.2, 0.25) is 0 Å². The molecule has 2 aromatic carbocycles. The topological polar surface area (TPSA) is 81.0 Å². The molecule has 3 rings (SSSR count). The average Bonchev–Trinajstić information content (AvgIpc) is 2.54. The van der Waals surface area contributed by atoms with E-state index in [1.807, 2.05) is 36.4 Å². The van der Waals surface area contributed by atoms with Crippen LogP contribution in [0.4, 0.5) is 0 Å². The van der Waals surface area contributed by atoms with Crippen molar-refractivity contribution in [1.82, 2.24) is 9.97 Å². The van der Waals surface area contributed by atoms with Crippen LogP contribution in [0.5, 0.6) is 5.75 Å². The zero-order chi connectivity index (χ0) is 14.8. The number of aromatic amines is 1. The minimum atomic E-state index is -0.152. The Balaban J connectivity index is 2.18. The molecule has 0 saturated carbocycles. The Bertz CT molecular complexity index is 856. The molecule has 21 heavy (non-hydrogen) atoms. The lowest BCUT2D eigenvalue weighted by Crippen LogP contribution is -2.09. The molecule has 0 aliphatic carbocycles. The fourth-order valence-corrected chi connectivity index (χ4v) is 2.31. The van der Waals surface area contributed by atoms with E-state index < -0.39 is 0 Å². The van der Waals surface area contributed by atoms with Crippen LogP contribution in [0, 0.1) is 0 Å². The summed E-state index contributed by atoms with van der Waals surface area (Å²) in [5.74, 6) is 1.25. The smallest absolute Gasteiger partial charge is 0.259 e. The second-order valence-electron chi connectivity index (χ2n) is 4.66. The molecular formula is C16H15N3O2. The number of nitrogens with zero attached hydrogens (tertiary/aromatic N) is 1. The highest BCUT2D eigenvalue weighted by atomic mass is 16.5. The lowest BCUT2D eigenvalue weighted by molar-refractivity contribution is 0.410. The fourth-order valence-electron chi connectivity index (χ4n) is 2.31. The van der Waals surface area contributed by atoms with Crippen molar-refractivity contribution in [1.29, 1.82) is 0 Å². The van der Waals surface area contributed by atoms with Crippen LogP contribution in [0.1, 0.15) is 5.56 Å². The van der Waals surface area contributed by atoms with Crippen molar-refractivity contribution in [3.63, 3.8) is 0 Å². The van der Waals surface area contributed by atoms with Gasteiger partial charge < -0.3 is 15.5 Å². The minimum absolute atomic E-state index is 0.152. The summed E-state index contributed by atoms with van der Waals surface area (Å²) in [7, 11) is 1.60. The number of rotatable bonds is 3. The van der Waals surface area contributed by atoms with Crippen LogP contribution >= 0.6 is 0 Å². The van der Waals surface area contributed by atoms with Gasteiger partial charge in [0.05, 0.1) is 18.0 Å². The molecule has 0 unspecified atom stereocenters. The summed E-state index contributed by atoms with van der Waals surface area (Å²) in [4.78, 5) is 19.4. The van der Waals surface area contributed by atoms with Crippen LogP contribution in [0.3, 0.4) is 0 Å². The molecule has 0 aliphatic rings. The largest absolute Gasteiger partial charge is 0.496 e. The molecule has 1 aromatic heterocycles. The van der Waals surface area contributed by atoms with Gasteiger partial charge in [0.25, 0.3) is 5.56 Å². The molecule has 0 amide bonds.